The Labute approximate surface area is 185 Å². The Morgan fingerprint density at radius 2 is 2.09 bits per heavy atom. The minimum Gasteiger partial charge on any atom is -0.341 e. The maximum Gasteiger partial charge on any atom is 0.277 e. The van der Waals surface area contributed by atoms with Crippen LogP contribution in [0.4, 0.5) is 5.95 Å². The third-order valence-corrected chi connectivity index (χ3v) is 5.97. The molecule has 2 N–H and O–H groups in total. The van der Waals surface area contributed by atoms with Crippen molar-refractivity contribution in [1.82, 2.24) is 24.3 Å². The number of rotatable bonds is 4. The number of imidazole rings is 1. The van der Waals surface area contributed by atoms with E-state index in [4.69, 9.17) is 10.7 Å². The smallest absolute Gasteiger partial charge is 0.277 e. The number of hydrogen-bond acceptors (Lipinski definition) is 6. The first-order valence-electron chi connectivity index (χ1n) is 10.8. The van der Waals surface area contributed by atoms with Gasteiger partial charge in [-0.15, -0.1) is 5.92 Å². The molecule has 4 aromatic rings. The topological polar surface area (TPSA) is 94.9 Å². The number of aromatic nitrogens is 5. The zero-order chi connectivity index (χ0) is 22.1. The van der Waals surface area contributed by atoms with Crippen molar-refractivity contribution in [2.75, 3.05) is 18.0 Å². The third-order valence-electron chi connectivity index (χ3n) is 5.97. The van der Waals surface area contributed by atoms with Gasteiger partial charge in [-0.1, -0.05) is 24.1 Å². The highest BCUT2D eigenvalue weighted by molar-refractivity contribution is 5.81. The monoisotopic (exact) mass is 427 g/mol. The number of anilines is 1. The van der Waals surface area contributed by atoms with Crippen molar-refractivity contribution in [2.24, 2.45) is 5.73 Å². The van der Waals surface area contributed by atoms with E-state index in [1.165, 1.54) is 0 Å². The van der Waals surface area contributed by atoms with E-state index in [1.54, 1.807) is 23.9 Å². The molecule has 4 heterocycles. The molecule has 0 bridgehead atoms. The van der Waals surface area contributed by atoms with Gasteiger partial charge in [0, 0.05) is 36.3 Å². The number of benzene rings is 1. The maximum atomic E-state index is 13.6. The van der Waals surface area contributed by atoms with Crippen molar-refractivity contribution < 1.29 is 0 Å². The van der Waals surface area contributed by atoms with E-state index in [0.717, 1.165) is 48.3 Å². The van der Waals surface area contributed by atoms with Crippen molar-refractivity contribution in [3.63, 3.8) is 0 Å². The number of nitrogens with zero attached hydrogens (tertiary/aromatic N) is 6. The van der Waals surface area contributed by atoms with Crippen LogP contribution in [0.15, 0.2) is 47.5 Å². The van der Waals surface area contributed by atoms with Gasteiger partial charge >= 0.3 is 0 Å². The molecular formula is C24H25N7O. The van der Waals surface area contributed by atoms with Crippen molar-refractivity contribution >= 4 is 27.9 Å². The van der Waals surface area contributed by atoms with E-state index in [-0.39, 0.29) is 11.6 Å². The van der Waals surface area contributed by atoms with Crippen molar-refractivity contribution in [3.05, 3.63) is 58.6 Å². The summed E-state index contributed by atoms with van der Waals surface area (Å²) in [4.78, 5) is 20.6. The van der Waals surface area contributed by atoms with Crippen LogP contribution in [-0.2, 0) is 13.1 Å². The van der Waals surface area contributed by atoms with Gasteiger partial charge in [0.15, 0.2) is 0 Å². The average molecular weight is 428 g/mol. The van der Waals surface area contributed by atoms with Crippen molar-refractivity contribution in [1.29, 1.82) is 0 Å². The van der Waals surface area contributed by atoms with Crippen LogP contribution in [0.5, 0.6) is 0 Å². The van der Waals surface area contributed by atoms with Gasteiger partial charge in [0.25, 0.3) is 5.56 Å². The van der Waals surface area contributed by atoms with Gasteiger partial charge in [-0.2, -0.15) is 10.2 Å². The molecule has 1 unspecified atom stereocenters. The highest BCUT2D eigenvalue weighted by atomic mass is 16.1. The quantitative estimate of drug-likeness (QED) is 0.502. The fraction of sp³-hybridized carbons (Fsp3) is 0.333. The second-order valence-electron chi connectivity index (χ2n) is 8.14. The van der Waals surface area contributed by atoms with Crippen LogP contribution in [0.2, 0.25) is 0 Å². The molecule has 0 aliphatic carbocycles. The Hall–Kier alpha value is -3.70. The van der Waals surface area contributed by atoms with E-state index >= 15 is 0 Å². The van der Waals surface area contributed by atoms with E-state index in [0.29, 0.717) is 24.1 Å². The SMILES string of the molecule is CC#CCn1c(N2CCCC(N)C2)nc2ccn(Cc3cnnc4ccccc34)c(=O)c21. The molecule has 1 fully saturated rings. The van der Waals surface area contributed by atoms with Gasteiger partial charge in [-0.3, -0.25) is 9.36 Å². The highest BCUT2D eigenvalue weighted by Gasteiger charge is 2.24. The van der Waals surface area contributed by atoms with E-state index in [1.807, 2.05) is 34.9 Å². The van der Waals surface area contributed by atoms with Gasteiger partial charge in [-0.05, 0) is 31.9 Å². The minimum absolute atomic E-state index is 0.0960. The normalized spacial score (nSPS) is 16.3. The van der Waals surface area contributed by atoms with Gasteiger partial charge in [-0.25, -0.2) is 4.98 Å². The molecule has 8 heteroatoms. The summed E-state index contributed by atoms with van der Waals surface area (Å²) in [6, 6.07) is 9.83. The number of fused-ring (bicyclic) bond motifs is 2. The highest BCUT2D eigenvalue weighted by Crippen LogP contribution is 2.24. The van der Waals surface area contributed by atoms with Gasteiger partial charge in [0.2, 0.25) is 5.95 Å². The molecule has 3 aromatic heterocycles. The third kappa shape index (κ3) is 3.61. The molecule has 8 nitrogen and oxygen atoms in total. The van der Waals surface area contributed by atoms with E-state index in [9.17, 15) is 4.79 Å². The Balaban J connectivity index is 1.62. The van der Waals surface area contributed by atoms with E-state index in [2.05, 4.69) is 26.9 Å². The van der Waals surface area contributed by atoms with Crippen LogP contribution in [0.3, 0.4) is 0 Å². The first-order valence-corrected chi connectivity index (χ1v) is 10.8. The Morgan fingerprint density at radius 3 is 2.94 bits per heavy atom. The predicted octanol–water partition coefficient (Wildman–Crippen LogP) is 2.14. The second kappa shape index (κ2) is 8.44. The summed E-state index contributed by atoms with van der Waals surface area (Å²) >= 11 is 0. The van der Waals surface area contributed by atoms with Crippen molar-refractivity contribution in [3.8, 4) is 11.8 Å². The molecule has 0 saturated carbocycles. The van der Waals surface area contributed by atoms with Crippen LogP contribution >= 0.6 is 0 Å². The fourth-order valence-electron chi connectivity index (χ4n) is 4.40. The molecular weight excluding hydrogens is 402 g/mol. The molecule has 0 spiro atoms. The molecule has 162 valence electrons. The van der Waals surface area contributed by atoms with Crippen LogP contribution < -0.4 is 16.2 Å². The lowest BCUT2D eigenvalue weighted by atomic mass is 10.1. The molecule has 1 aliphatic heterocycles. The number of pyridine rings is 1. The first-order chi connectivity index (χ1) is 15.7. The lowest BCUT2D eigenvalue weighted by Gasteiger charge is -2.31. The molecule has 0 radical (unpaired) electrons. The summed E-state index contributed by atoms with van der Waals surface area (Å²) in [6.07, 6.45) is 5.54. The molecule has 0 amide bonds. The summed E-state index contributed by atoms with van der Waals surface area (Å²) in [5, 5.41) is 9.28. The molecule has 32 heavy (non-hydrogen) atoms. The lowest BCUT2D eigenvalue weighted by molar-refractivity contribution is 0.496. The molecule has 5 rings (SSSR count). The molecule has 1 saturated heterocycles. The standard InChI is InChI=1S/C24H25N7O/c1-2-3-12-31-22-21(27-24(31)30-11-6-7-18(25)16-30)10-13-29(23(22)32)15-17-14-26-28-20-9-5-4-8-19(17)20/h4-5,8-10,13-14,18H,6-7,11-12,15-16,25H2,1H3. The van der Waals surface area contributed by atoms with Crippen LogP contribution in [0, 0.1) is 11.8 Å². The fourth-order valence-corrected chi connectivity index (χ4v) is 4.40. The zero-order valence-corrected chi connectivity index (χ0v) is 18.0. The second-order valence-corrected chi connectivity index (χ2v) is 8.14. The first kappa shape index (κ1) is 20.2. The summed E-state index contributed by atoms with van der Waals surface area (Å²) in [5.41, 5.74) is 9.11. The maximum absolute atomic E-state index is 13.6. The molecule has 1 aliphatic rings. The minimum atomic E-state index is -0.0960. The largest absolute Gasteiger partial charge is 0.341 e. The summed E-state index contributed by atoms with van der Waals surface area (Å²) in [6.45, 7) is 4.22. The Kier molecular flexibility index (Phi) is 5.33. The number of piperidine rings is 1. The van der Waals surface area contributed by atoms with E-state index < -0.39 is 0 Å². The number of hydrogen-bond donors (Lipinski definition) is 1. The molecule has 1 atom stereocenters. The summed E-state index contributed by atoms with van der Waals surface area (Å²) in [7, 11) is 0. The average Bonchev–Trinajstić information content (AvgIpc) is 3.19. The van der Waals surface area contributed by atoms with Crippen molar-refractivity contribution in [2.45, 2.75) is 38.9 Å². The van der Waals surface area contributed by atoms with Gasteiger partial charge < -0.3 is 15.2 Å². The Morgan fingerprint density at radius 1 is 1.22 bits per heavy atom. The van der Waals surface area contributed by atoms with Crippen LogP contribution in [-0.4, -0.2) is 43.4 Å². The predicted molar refractivity (Wildman–Crippen MR) is 126 cm³/mol. The zero-order valence-electron chi connectivity index (χ0n) is 18.0. The van der Waals surface area contributed by atoms with Gasteiger partial charge in [0.1, 0.15) is 5.52 Å². The van der Waals surface area contributed by atoms with Gasteiger partial charge in [0.05, 0.1) is 30.3 Å². The summed E-state index contributed by atoms with van der Waals surface area (Å²) in [5.74, 6) is 6.81. The number of nitrogens with two attached hydrogens (primary N) is 1. The van der Waals surface area contributed by atoms with Crippen LogP contribution in [0.1, 0.15) is 25.3 Å². The summed E-state index contributed by atoms with van der Waals surface area (Å²) < 4.78 is 3.64. The Bertz CT molecular complexity index is 1400. The molecule has 1 aromatic carbocycles. The van der Waals surface area contributed by atoms with Crippen LogP contribution in [0.25, 0.3) is 21.9 Å². The lowest BCUT2D eigenvalue weighted by Crippen LogP contribution is -2.44.